The van der Waals surface area contributed by atoms with E-state index in [-0.39, 0.29) is 17.5 Å². The molecule has 2 aliphatic carbocycles. The van der Waals surface area contributed by atoms with Crippen LogP contribution in [-0.4, -0.2) is 39.2 Å². The van der Waals surface area contributed by atoms with E-state index in [9.17, 15) is 9.59 Å². The van der Waals surface area contributed by atoms with Crippen molar-refractivity contribution in [1.82, 2.24) is 14.5 Å². The van der Waals surface area contributed by atoms with Crippen LogP contribution in [0.5, 0.6) is 0 Å². The van der Waals surface area contributed by atoms with Crippen LogP contribution in [0.1, 0.15) is 61.9 Å². The van der Waals surface area contributed by atoms with Gasteiger partial charge in [0.15, 0.2) is 5.16 Å². The van der Waals surface area contributed by atoms with Crippen molar-refractivity contribution in [3.63, 3.8) is 0 Å². The van der Waals surface area contributed by atoms with Crippen molar-refractivity contribution < 1.29 is 4.79 Å². The molecule has 0 bridgehead atoms. The summed E-state index contributed by atoms with van der Waals surface area (Å²) in [6, 6.07) is 0.240. The number of amides is 1. The first-order chi connectivity index (χ1) is 13.6. The number of fused-ring (bicyclic) bond motifs is 3. The largest absolute Gasteiger partial charge is 0.342 e. The summed E-state index contributed by atoms with van der Waals surface area (Å²) < 4.78 is 1.95. The number of likely N-dealkylation sites (tertiary alicyclic amines) is 1. The van der Waals surface area contributed by atoms with Crippen molar-refractivity contribution in [3.05, 3.63) is 20.8 Å². The zero-order valence-corrected chi connectivity index (χ0v) is 18.0. The van der Waals surface area contributed by atoms with E-state index in [1.54, 1.807) is 11.3 Å². The van der Waals surface area contributed by atoms with Gasteiger partial charge < -0.3 is 4.90 Å². The summed E-state index contributed by atoms with van der Waals surface area (Å²) in [6.07, 6.45) is 8.76. The normalized spacial score (nSPS) is 22.5. The van der Waals surface area contributed by atoms with E-state index in [0.29, 0.717) is 11.7 Å². The number of hydrogen-bond donors (Lipinski definition) is 0. The molecule has 5 nitrogen and oxygen atoms in total. The fraction of sp³-hybridized carbons (Fsp3) is 0.667. The molecule has 150 valence electrons. The monoisotopic (exact) mass is 417 g/mol. The van der Waals surface area contributed by atoms with Gasteiger partial charge in [-0.2, -0.15) is 0 Å². The molecule has 2 fully saturated rings. The van der Waals surface area contributed by atoms with Crippen LogP contribution in [0.4, 0.5) is 0 Å². The molecule has 1 unspecified atom stereocenters. The molecule has 1 aliphatic heterocycles. The highest BCUT2D eigenvalue weighted by Gasteiger charge is 2.29. The lowest BCUT2D eigenvalue weighted by atomic mass is 9.89. The highest BCUT2D eigenvalue weighted by atomic mass is 32.2. The van der Waals surface area contributed by atoms with Gasteiger partial charge in [0.25, 0.3) is 5.56 Å². The van der Waals surface area contributed by atoms with Gasteiger partial charge >= 0.3 is 0 Å². The van der Waals surface area contributed by atoms with Crippen LogP contribution in [0, 0.1) is 5.92 Å². The third-order valence-corrected chi connectivity index (χ3v) is 8.64. The molecule has 0 spiro atoms. The maximum Gasteiger partial charge on any atom is 0.263 e. The predicted octanol–water partition coefficient (Wildman–Crippen LogP) is 4.02. The number of nitrogens with zero attached hydrogens (tertiary/aromatic N) is 3. The van der Waals surface area contributed by atoms with E-state index < -0.39 is 0 Å². The summed E-state index contributed by atoms with van der Waals surface area (Å²) in [6.45, 7) is 4.04. The molecule has 2 aromatic heterocycles. The summed E-state index contributed by atoms with van der Waals surface area (Å²) in [5, 5.41) is 1.63. The molecular formula is C21H27N3O2S2. The van der Waals surface area contributed by atoms with Gasteiger partial charge in [0.05, 0.1) is 11.1 Å². The van der Waals surface area contributed by atoms with Gasteiger partial charge in [0, 0.05) is 24.0 Å². The summed E-state index contributed by atoms with van der Waals surface area (Å²) in [5.74, 6) is 1.23. The zero-order valence-electron chi connectivity index (χ0n) is 16.4. The molecule has 7 heteroatoms. The Hall–Kier alpha value is -1.34. The standard InChI is InChI=1S/C21H27N3O2S2/c1-13-7-8-15-16(11-13)28-19-18(15)20(26)24(14-5-2-3-6-14)21(22-19)27-12-17(25)23-9-4-10-23/h13-14H,2-12H2,1H3. The first-order valence-corrected chi connectivity index (χ1v) is 12.4. The molecule has 3 aliphatic rings. The second kappa shape index (κ2) is 7.48. The molecule has 1 saturated carbocycles. The van der Waals surface area contributed by atoms with Crippen LogP contribution in [0.3, 0.4) is 0 Å². The first-order valence-electron chi connectivity index (χ1n) is 10.6. The van der Waals surface area contributed by atoms with E-state index in [1.807, 2.05) is 9.47 Å². The molecule has 0 radical (unpaired) electrons. The Kier molecular flexibility index (Phi) is 4.99. The maximum absolute atomic E-state index is 13.6. The van der Waals surface area contributed by atoms with Gasteiger partial charge in [0.2, 0.25) is 5.91 Å². The van der Waals surface area contributed by atoms with Crippen molar-refractivity contribution in [3.8, 4) is 0 Å². The van der Waals surface area contributed by atoms with Crippen LogP contribution >= 0.6 is 23.1 Å². The Morgan fingerprint density at radius 2 is 2.00 bits per heavy atom. The van der Waals surface area contributed by atoms with E-state index in [1.165, 1.54) is 35.0 Å². The highest BCUT2D eigenvalue weighted by molar-refractivity contribution is 7.99. The van der Waals surface area contributed by atoms with E-state index in [0.717, 1.165) is 67.0 Å². The van der Waals surface area contributed by atoms with E-state index in [4.69, 9.17) is 4.98 Å². The molecule has 3 heterocycles. The first kappa shape index (κ1) is 18.7. The summed E-state index contributed by atoms with van der Waals surface area (Å²) in [7, 11) is 0. The zero-order chi connectivity index (χ0) is 19.3. The number of rotatable bonds is 4. The number of hydrogen-bond acceptors (Lipinski definition) is 5. The summed E-state index contributed by atoms with van der Waals surface area (Å²) >= 11 is 3.17. The van der Waals surface area contributed by atoms with Crippen molar-refractivity contribution in [2.75, 3.05) is 18.8 Å². The number of carbonyl (C=O) groups is 1. The second-order valence-electron chi connectivity index (χ2n) is 8.56. The Balaban J connectivity index is 1.56. The number of thioether (sulfide) groups is 1. The molecule has 0 N–H and O–H groups in total. The van der Waals surface area contributed by atoms with Crippen molar-refractivity contribution in [2.24, 2.45) is 5.92 Å². The molecular weight excluding hydrogens is 390 g/mol. The minimum absolute atomic E-state index is 0.142. The average Bonchev–Trinajstić information content (AvgIpc) is 3.25. The molecule has 1 saturated heterocycles. The number of aromatic nitrogens is 2. The molecule has 0 aromatic carbocycles. The van der Waals surface area contributed by atoms with Gasteiger partial charge in [-0.15, -0.1) is 11.3 Å². The number of carbonyl (C=O) groups excluding carboxylic acids is 1. The predicted molar refractivity (Wildman–Crippen MR) is 114 cm³/mol. The van der Waals surface area contributed by atoms with Gasteiger partial charge in [-0.05, 0) is 50.0 Å². The summed E-state index contributed by atoms with van der Waals surface area (Å²) in [5.41, 5.74) is 1.40. The number of aryl methyl sites for hydroxylation is 1. The van der Waals surface area contributed by atoms with Crippen LogP contribution in [-0.2, 0) is 17.6 Å². The van der Waals surface area contributed by atoms with Gasteiger partial charge in [0.1, 0.15) is 4.83 Å². The van der Waals surface area contributed by atoms with Crippen LogP contribution in [0.15, 0.2) is 9.95 Å². The van der Waals surface area contributed by atoms with Crippen LogP contribution < -0.4 is 5.56 Å². The van der Waals surface area contributed by atoms with Gasteiger partial charge in [-0.1, -0.05) is 31.5 Å². The third kappa shape index (κ3) is 3.20. The van der Waals surface area contributed by atoms with Crippen LogP contribution in [0.2, 0.25) is 0 Å². The second-order valence-corrected chi connectivity index (χ2v) is 10.6. The Morgan fingerprint density at radius 3 is 2.71 bits per heavy atom. The molecule has 28 heavy (non-hydrogen) atoms. The summed E-state index contributed by atoms with van der Waals surface area (Å²) in [4.78, 5) is 35.1. The number of thiophene rings is 1. The van der Waals surface area contributed by atoms with Gasteiger partial charge in [-0.25, -0.2) is 4.98 Å². The Morgan fingerprint density at radius 1 is 1.21 bits per heavy atom. The van der Waals surface area contributed by atoms with Crippen LogP contribution in [0.25, 0.3) is 10.2 Å². The van der Waals surface area contributed by atoms with E-state index >= 15 is 0 Å². The average molecular weight is 418 g/mol. The fourth-order valence-corrected chi connectivity index (χ4v) is 7.15. The highest BCUT2D eigenvalue weighted by Crippen LogP contribution is 2.38. The minimum atomic E-state index is 0.142. The quantitative estimate of drug-likeness (QED) is 0.557. The van der Waals surface area contributed by atoms with Crippen molar-refractivity contribution in [2.45, 2.75) is 69.5 Å². The van der Waals surface area contributed by atoms with E-state index in [2.05, 4.69) is 6.92 Å². The molecule has 5 rings (SSSR count). The maximum atomic E-state index is 13.6. The van der Waals surface area contributed by atoms with Gasteiger partial charge in [-0.3, -0.25) is 14.2 Å². The molecule has 1 amide bonds. The SMILES string of the molecule is CC1CCc2c(sc3nc(SCC(=O)N4CCC4)n(C4CCCC4)c(=O)c23)C1. The lowest BCUT2D eigenvalue weighted by Crippen LogP contribution is -2.43. The lowest BCUT2D eigenvalue weighted by Gasteiger charge is -2.30. The third-order valence-electron chi connectivity index (χ3n) is 6.55. The van der Waals surface area contributed by atoms with Crippen molar-refractivity contribution in [1.29, 1.82) is 0 Å². The fourth-order valence-electron chi connectivity index (χ4n) is 4.75. The molecule has 1 atom stereocenters. The smallest absolute Gasteiger partial charge is 0.263 e. The minimum Gasteiger partial charge on any atom is -0.342 e. The lowest BCUT2D eigenvalue weighted by molar-refractivity contribution is -0.131. The molecule has 2 aromatic rings. The Bertz CT molecular complexity index is 970. The van der Waals surface area contributed by atoms with Crippen molar-refractivity contribution >= 4 is 39.2 Å². The Labute approximate surface area is 173 Å². The topological polar surface area (TPSA) is 55.2 Å².